The maximum absolute atomic E-state index is 11.4. The lowest BCUT2D eigenvalue weighted by Crippen LogP contribution is -2.02. The highest BCUT2D eigenvalue weighted by atomic mass is 32.2. The van der Waals surface area contributed by atoms with Gasteiger partial charge in [0.05, 0.1) is 16.3 Å². The van der Waals surface area contributed by atoms with Gasteiger partial charge in [0, 0.05) is 19.0 Å². The number of aryl methyl sites for hydroxylation is 2. The zero-order chi connectivity index (χ0) is 14.9. The third-order valence-corrected chi connectivity index (χ3v) is 4.17. The van der Waals surface area contributed by atoms with Crippen LogP contribution in [0.2, 0.25) is 0 Å². The van der Waals surface area contributed by atoms with Crippen molar-refractivity contribution in [3.8, 4) is 0 Å². The summed E-state index contributed by atoms with van der Waals surface area (Å²) in [6.07, 6.45) is 1.94. The van der Waals surface area contributed by atoms with Crippen LogP contribution < -0.4 is 11.1 Å². The highest BCUT2D eigenvalue weighted by Crippen LogP contribution is 2.26. The first-order valence-electron chi connectivity index (χ1n) is 6.21. The van der Waals surface area contributed by atoms with Gasteiger partial charge in [0.1, 0.15) is 0 Å². The predicted molar refractivity (Wildman–Crippen MR) is 79.8 cm³/mol. The van der Waals surface area contributed by atoms with E-state index in [1.54, 1.807) is 28.9 Å². The van der Waals surface area contributed by atoms with E-state index in [4.69, 9.17) is 5.73 Å². The molecule has 7 heteroatoms. The molecule has 0 unspecified atom stereocenters. The minimum absolute atomic E-state index is 0.287. The zero-order valence-corrected chi connectivity index (χ0v) is 12.5. The van der Waals surface area contributed by atoms with Gasteiger partial charge in [-0.05, 0) is 30.7 Å². The maximum atomic E-state index is 11.4. The van der Waals surface area contributed by atoms with Gasteiger partial charge in [0.15, 0.2) is 15.7 Å². The van der Waals surface area contributed by atoms with Crippen molar-refractivity contribution in [3.63, 3.8) is 0 Å². The van der Waals surface area contributed by atoms with Gasteiger partial charge < -0.3 is 11.1 Å². The largest absolute Gasteiger partial charge is 0.394 e. The minimum Gasteiger partial charge on any atom is -0.394 e. The van der Waals surface area contributed by atoms with Crippen LogP contribution in [0.3, 0.4) is 0 Å². The molecule has 0 bridgehead atoms. The van der Waals surface area contributed by atoms with E-state index in [9.17, 15) is 8.42 Å². The maximum Gasteiger partial charge on any atom is 0.175 e. The van der Waals surface area contributed by atoms with E-state index < -0.39 is 9.84 Å². The van der Waals surface area contributed by atoms with Crippen LogP contribution >= 0.6 is 0 Å². The topological polar surface area (TPSA) is 90.0 Å². The van der Waals surface area contributed by atoms with Crippen LogP contribution in [0.5, 0.6) is 0 Å². The molecule has 1 aromatic carbocycles. The van der Waals surface area contributed by atoms with Crippen molar-refractivity contribution in [2.24, 2.45) is 7.05 Å². The number of sulfone groups is 1. The smallest absolute Gasteiger partial charge is 0.175 e. The van der Waals surface area contributed by atoms with E-state index in [0.717, 1.165) is 17.8 Å². The number of nitrogen functional groups attached to an aromatic ring is 1. The van der Waals surface area contributed by atoms with E-state index in [1.807, 2.05) is 14.0 Å². The molecule has 1 heterocycles. The van der Waals surface area contributed by atoms with Gasteiger partial charge in [-0.25, -0.2) is 8.42 Å². The lowest BCUT2D eigenvalue weighted by atomic mass is 10.3. The predicted octanol–water partition coefficient (Wildman–Crippen LogP) is 1.71. The Balaban J connectivity index is 2.29. The molecule has 0 aliphatic carbocycles. The Morgan fingerprint density at radius 2 is 1.90 bits per heavy atom. The summed E-state index contributed by atoms with van der Waals surface area (Å²) < 4.78 is 24.5. The first-order valence-corrected chi connectivity index (χ1v) is 8.10. The molecule has 2 rings (SSSR count). The number of benzene rings is 1. The molecule has 1 aromatic heterocycles. The number of anilines is 3. The average molecular weight is 294 g/mol. The normalized spacial score (nSPS) is 11.6. The van der Waals surface area contributed by atoms with Crippen LogP contribution in [0.15, 0.2) is 29.2 Å². The van der Waals surface area contributed by atoms with Gasteiger partial charge in [-0.3, -0.25) is 4.68 Å². The minimum atomic E-state index is -3.18. The summed E-state index contributed by atoms with van der Waals surface area (Å²) >= 11 is 0. The second kappa shape index (κ2) is 5.16. The van der Waals surface area contributed by atoms with E-state index in [2.05, 4.69) is 10.4 Å². The van der Waals surface area contributed by atoms with Crippen LogP contribution in [0.25, 0.3) is 0 Å². The van der Waals surface area contributed by atoms with Crippen LogP contribution in [0.1, 0.15) is 12.6 Å². The molecule has 0 aliphatic rings. The molecular formula is C13H18N4O2S. The lowest BCUT2D eigenvalue weighted by molar-refractivity contribution is 0.602. The second-order valence-electron chi connectivity index (χ2n) is 4.61. The third kappa shape index (κ3) is 2.77. The van der Waals surface area contributed by atoms with Crippen molar-refractivity contribution in [2.75, 3.05) is 17.3 Å². The number of aromatic nitrogens is 2. The molecule has 0 saturated carbocycles. The van der Waals surface area contributed by atoms with Crippen molar-refractivity contribution >= 4 is 27.0 Å². The molecule has 0 saturated heterocycles. The van der Waals surface area contributed by atoms with Crippen molar-refractivity contribution in [1.29, 1.82) is 0 Å². The van der Waals surface area contributed by atoms with Gasteiger partial charge in [-0.2, -0.15) is 5.10 Å². The average Bonchev–Trinajstić information content (AvgIpc) is 2.66. The molecule has 2 aromatic rings. The number of hydrogen-bond donors (Lipinski definition) is 2. The third-order valence-electron chi connectivity index (χ3n) is 3.04. The summed E-state index contributed by atoms with van der Waals surface area (Å²) in [5.41, 5.74) is 8.23. The van der Waals surface area contributed by atoms with E-state index in [0.29, 0.717) is 11.5 Å². The van der Waals surface area contributed by atoms with Gasteiger partial charge in [0.2, 0.25) is 0 Å². The van der Waals surface area contributed by atoms with Gasteiger partial charge in [0.25, 0.3) is 0 Å². The molecule has 0 aliphatic heterocycles. The SMILES string of the molecule is CCc1nn(C)c(Nc2ccc(S(C)(=O)=O)cc2)c1N. The molecule has 0 radical (unpaired) electrons. The molecule has 0 spiro atoms. The zero-order valence-electron chi connectivity index (χ0n) is 11.7. The highest BCUT2D eigenvalue weighted by molar-refractivity contribution is 7.90. The Morgan fingerprint density at radius 1 is 1.30 bits per heavy atom. The number of nitrogens with one attached hydrogen (secondary N) is 1. The van der Waals surface area contributed by atoms with Crippen molar-refractivity contribution in [3.05, 3.63) is 30.0 Å². The second-order valence-corrected chi connectivity index (χ2v) is 6.62. The quantitative estimate of drug-likeness (QED) is 0.896. The highest BCUT2D eigenvalue weighted by Gasteiger charge is 2.12. The summed E-state index contributed by atoms with van der Waals surface area (Å²) in [5, 5.41) is 7.47. The van der Waals surface area contributed by atoms with Gasteiger partial charge in [-0.15, -0.1) is 0 Å². The molecule has 6 nitrogen and oxygen atoms in total. The standard InChI is InChI=1S/C13H18N4O2S/c1-4-11-12(14)13(17(2)16-11)15-9-5-7-10(8-6-9)20(3,18)19/h5-8,15H,4,14H2,1-3H3. The van der Waals surface area contributed by atoms with E-state index in [1.165, 1.54) is 6.26 Å². The molecule has 0 atom stereocenters. The number of nitrogens with zero attached hydrogens (tertiary/aromatic N) is 2. The van der Waals surface area contributed by atoms with E-state index in [-0.39, 0.29) is 4.90 Å². The molecule has 20 heavy (non-hydrogen) atoms. The molecule has 0 fully saturated rings. The Kier molecular flexibility index (Phi) is 3.71. The van der Waals surface area contributed by atoms with Crippen LogP contribution in [0.4, 0.5) is 17.2 Å². The molecular weight excluding hydrogens is 276 g/mol. The van der Waals surface area contributed by atoms with Crippen molar-refractivity contribution < 1.29 is 8.42 Å². The fraction of sp³-hybridized carbons (Fsp3) is 0.308. The van der Waals surface area contributed by atoms with Gasteiger partial charge >= 0.3 is 0 Å². The summed E-state index contributed by atoms with van der Waals surface area (Å²) in [4.78, 5) is 0.287. The summed E-state index contributed by atoms with van der Waals surface area (Å²) in [6, 6.07) is 6.53. The Bertz CT molecular complexity index is 718. The Hall–Kier alpha value is -2.02. The monoisotopic (exact) mass is 294 g/mol. The molecule has 3 N–H and O–H groups in total. The Labute approximate surface area is 118 Å². The van der Waals surface area contributed by atoms with Crippen LogP contribution in [0, 0.1) is 0 Å². The van der Waals surface area contributed by atoms with Crippen molar-refractivity contribution in [1.82, 2.24) is 9.78 Å². The van der Waals surface area contributed by atoms with Crippen LogP contribution in [-0.4, -0.2) is 24.5 Å². The summed E-state index contributed by atoms with van der Waals surface area (Å²) in [6.45, 7) is 1.99. The summed E-state index contributed by atoms with van der Waals surface area (Å²) in [7, 11) is -1.37. The fourth-order valence-corrected chi connectivity index (χ4v) is 2.56. The van der Waals surface area contributed by atoms with Crippen molar-refractivity contribution in [2.45, 2.75) is 18.2 Å². The first-order chi connectivity index (χ1) is 9.32. The fourth-order valence-electron chi connectivity index (χ4n) is 1.93. The number of nitrogens with two attached hydrogens (primary N) is 1. The first kappa shape index (κ1) is 14.4. The number of rotatable bonds is 4. The van der Waals surface area contributed by atoms with Crippen LogP contribution in [-0.2, 0) is 23.3 Å². The lowest BCUT2D eigenvalue weighted by Gasteiger charge is -2.08. The molecule has 108 valence electrons. The van der Waals surface area contributed by atoms with Gasteiger partial charge in [-0.1, -0.05) is 6.92 Å². The Morgan fingerprint density at radius 3 is 2.35 bits per heavy atom. The summed E-state index contributed by atoms with van der Waals surface area (Å²) in [5.74, 6) is 0.703. The van der Waals surface area contributed by atoms with E-state index >= 15 is 0 Å². The number of hydrogen-bond acceptors (Lipinski definition) is 5. The molecule has 0 amide bonds.